The molecule has 0 radical (unpaired) electrons. The summed E-state index contributed by atoms with van der Waals surface area (Å²) in [4.78, 5) is 55.6. The molecule has 328 valence electrons. The van der Waals surface area contributed by atoms with E-state index >= 15 is 0 Å². The highest BCUT2D eigenvalue weighted by Crippen LogP contribution is 2.52. The first-order valence-electron chi connectivity index (χ1n) is 20.8. The summed E-state index contributed by atoms with van der Waals surface area (Å²) in [5, 5.41) is 19.7. The van der Waals surface area contributed by atoms with Gasteiger partial charge in [-0.05, 0) is 151 Å². The van der Waals surface area contributed by atoms with E-state index in [0.29, 0.717) is 45.6 Å². The zero-order valence-electron chi connectivity index (χ0n) is 36.1. The molecule has 8 N–H and O–H groups in total. The van der Waals surface area contributed by atoms with Gasteiger partial charge in [-0.2, -0.15) is 0 Å². The quantitative estimate of drug-likeness (QED) is 0.0780. The van der Waals surface area contributed by atoms with E-state index in [9.17, 15) is 19.2 Å². The Kier molecular flexibility index (Phi) is 10.9. The van der Waals surface area contributed by atoms with Gasteiger partial charge < -0.3 is 55.7 Å². The Balaban J connectivity index is 0.000000157. The average Bonchev–Trinajstić information content (AvgIpc) is 3.91. The maximum atomic E-state index is 13.1. The zero-order chi connectivity index (χ0) is 44.9. The van der Waals surface area contributed by atoms with Crippen molar-refractivity contribution in [3.8, 4) is 23.0 Å². The van der Waals surface area contributed by atoms with Crippen LogP contribution in [0, 0.1) is 0 Å². The number of carboxylic acid groups (broad SMARTS) is 1. The highest BCUT2D eigenvalue weighted by Gasteiger charge is 2.52. The van der Waals surface area contributed by atoms with Crippen LogP contribution in [0.1, 0.15) is 99.3 Å². The minimum Gasteiger partial charge on any atom is -0.477 e. The second-order valence-electron chi connectivity index (χ2n) is 18.6. The van der Waals surface area contributed by atoms with Gasteiger partial charge in [-0.15, -0.1) is 0 Å². The minimum absolute atomic E-state index is 0. The van der Waals surface area contributed by atoms with Gasteiger partial charge >= 0.3 is 5.97 Å². The van der Waals surface area contributed by atoms with Crippen molar-refractivity contribution in [1.82, 2.24) is 15.3 Å². The Bertz CT molecular complexity index is 2760. The Morgan fingerprint density at radius 1 is 0.587 bits per heavy atom. The molecule has 15 nitrogen and oxygen atoms in total. The maximum absolute atomic E-state index is 13.1. The number of aromatic nitrogens is 2. The third-order valence-corrected chi connectivity index (χ3v) is 10.9. The summed E-state index contributed by atoms with van der Waals surface area (Å²) >= 11 is 0. The maximum Gasteiger partial charge on any atom is 0.352 e. The van der Waals surface area contributed by atoms with Crippen LogP contribution in [-0.4, -0.2) is 63.4 Å². The highest BCUT2D eigenvalue weighted by molar-refractivity contribution is 6.05. The van der Waals surface area contributed by atoms with Crippen molar-refractivity contribution < 1.29 is 43.2 Å². The molecule has 4 aromatic carbocycles. The summed E-state index contributed by atoms with van der Waals surface area (Å²) in [5.74, 6) is 1.48. The number of H-pyrrole nitrogens is 2. The summed E-state index contributed by atoms with van der Waals surface area (Å²) in [6.07, 6.45) is 3.13. The number of rotatable bonds is 8. The first-order chi connectivity index (χ1) is 29.8. The Morgan fingerprint density at radius 3 is 1.41 bits per heavy atom. The second kappa shape index (κ2) is 16.0. The van der Waals surface area contributed by atoms with E-state index in [1.54, 1.807) is 30.3 Å². The number of carbonyl (C=O) groups is 4. The topological polar surface area (TPSA) is 219 Å². The lowest BCUT2D eigenvalue weighted by Gasteiger charge is -2.19. The first-order valence-corrected chi connectivity index (χ1v) is 20.8. The SMILES string of the molecule is CC(C)(C)N.CC(C)(C)NC(=O)c1cc2cc(NC(=O)C3(c4ccc5c(c4)OCO5)CC3)ccc2[nH]1.O=C(O)c1cc2cc(NC(=O)C3(c4ccc5c(c4)OCO5)CC3)ccc2[nH]1. The van der Waals surface area contributed by atoms with E-state index < -0.39 is 16.8 Å². The highest BCUT2D eigenvalue weighted by atomic mass is 16.7. The van der Waals surface area contributed by atoms with Crippen LogP contribution >= 0.6 is 0 Å². The van der Waals surface area contributed by atoms with Crippen molar-refractivity contribution in [1.29, 1.82) is 0 Å². The molecule has 3 amide bonds. The number of ether oxygens (including phenoxy) is 4. The number of nitrogens with one attached hydrogen (secondary N) is 5. The van der Waals surface area contributed by atoms with E-state index in [0.717, 1.165) is 53.1 Å². The molecule has 10 rings (SSSR count). The summed E-state index contributed by atoms with van der Waals surface area (Å²) in [6, 6.07) is 25.6. The van der Waals surface area contributed by atoms with Crippen LogP contribution < -0.4 is 40.6 Å². The Labute approximate surface area is 364 Å². The molecule has 2 aromatic heterocycles. The third-order valence-electron chi connectivity index (χ3n) is 10.9. The van der Waals surface area contributed by atoms with Crippen LogP contribution in [-0.2, 0) is 20.4 Å². The molecule has 0 bridgehead atoms. The molecule has 63 heavy (non-hydrogen) atoms. The number of aromatic amines is 2. The van der Waals surface area contributed by atoms with Gasteiger partial charge in [0.2, 0.25) is 25.4 Å². The Hall–Kier alpha value is -7.00. The number of nitrogens with two attached hydrogens (primary N) is 1. The smallest absolute Gasteiger partial charge is 0.352 e. The van der Waals surface area contributed by atoms with Crippen LogP contribution in [0.2, 0.25) is 0 Å². The van der Waals surface area contributed by atoms with Crippen molar-refractivity contribution in [3.05, 3.63) is 107 Å². The normalized spacial score (nSPS) is 15.9. The summed E-state index contributed by atoms with van der Waals surface area (Å²) in [7, 11) is 0. The fourth-order valence-electron chi connectivity index (χ4n) is 7.50. The molecule has 0 spiro atoms. The van der Waals surface area contributed by atoms with Gasteiger partial charge in [0.25, 0.3) is 5.91 Å². The first kappa shape index (κ1) is 42.7. The molecule has 2 fully saturated rings. The molecule has 4 aliphatic rings. The molecule has 0 atom stereocenters. The molecular formula is C48H52N6O9. The van der Waals surface area contributed by atoms with Crippen LogP contribution in [0.25, 0.3) is 21.8 Å². The lowest BCUT2D eigenvalue weighted by Crippen LogP contribution is -2.40. The molecule has 0 saturated heterocycles. The van der Waals surface area contributed by atoms with Gasteiger partial charge in [-0.25, -0.2) is 4.79 Å². The van der Waals surface area contributed by atoms with Crippen molar-refractivity contribution in [2.75, 3.05) is 24.2 Å². The third kappa shape index (κ3) is 9.43. The molecular weight excluding hydrogens is 805 g/mol. The van der Waals surface area contributed by atoms with Crippen LogP contribution in [0.5, 0.6) is 23.0 Å². The molecule has 0 unspecified atom stereocenters. The number of anilines is 2. The standard InChI is InChI=1S/C24H25N3O4.C20H16N2O5.C4H11N/c1-23(2,3)27-21(28)18-11-14-10-16(5-6-17(14)26-18)25-22(29)24(8-9-24)15-4-7-19-20(12-15)31-13-30-19;23-18(24)15-8-11-7-13(2-3-14(11)22-15)21-19(25)20(5-6-20)12-1-4-16-17(9-12)27-10-26-16;1-4(2,3)5/h4-7,10-12,26H,8-9,13H2,1-3H3,(H,25,29)(H,27,28);1-4,7-9,22H,5-6,10H2,(H,21,25)(H,23,24);5H2,1-3H3. The number of carbonyl (C=O) groups excluding carboxylic acids is 3. The number of amides is 3. The lowest BCUT2D eigenvalue weighted by molar-refractivity contribution is -0.119. The van der Waals surface area contributed by atoms with Crippen LogP contribution in [0.15, 0.2) is 84.9 Å². The van der Waals surface area contributed by atoms with Crippen molar-refractivity contribution in [2.24, 2.45) is 5.73 Å². The molecule has 6 aromatic rings. The largest absolute Gasteiger partial charge is 0.477 e. The number of benzene rings is 4. The van der Waals surface area contributed by atoms with Gasteiger partial charge in [-0.3, -0.25) is 14.4 Å². The number of fused-ring (bicyclic) bond motifs is 4. The van der Waals surface area contributed by atoms with E-state index in [-0.39, 0.29) is 48.1 Å². The molecule has 2 aliphatic heterocycles. The lowest BCUT2D eigenvalue weighted by atomic mass is 9.94. The van der Waals surface area contributed by atoms with Crippen molar-refractivity contribution >= 4 is 56.9 Å². The van der Waals surface area contributed by atoms with Gasteiger partial charge in [0.05, 0.1) is 10.8 Å². The second-order valence-corrected chi connectivity index (χ2v) is 18.6. The predicted octanol–water partition coefficient (Wildman–Crippen LogP) is 8.10. The molecule has 2 aliphatic carbocycles. The van der Waals surface area contributed by atoms with Crippen LogP contribution in [0.3, 0.4) is 0 Å². The fraction of sp³-hybridized carbons (Fsp3) is 0.333. The Morgan fingerprint density at radius 2 is 1.00 bits per heavy atom. The number of carboxylic acids is 1. The predicted molar refractivity (Wildman–Crippen MR) is 239 cm³/mol. The summed E-state index contributed by atoms with van der Waals surface area (Å²) in [6.45, 7) is 12.1. The summed E-state index contributed by atoms with van der Waals surface area (Å²) in [5.41, 5.74) is 9.30. The van der Waals surface area contributed by atoms with E-state index in [1.165, 1.54) is 0 Å². The number of aromatic carboxylic acids is 1. The summed E-state index contributed by atoms with van der Waals surface area (Å²) < 4.78 is 21.6. The molecule has 15 heteroatoms. The average molecular weight is 857 g/mol. The van der Waals surface area contributed by atoms with Gasteiger partial charge in [0.1, 0.15) is 11.4 Å². The number of hydrogen-bond acceptors (Lipinski definition) is 9. The minimum atomic E-state index is -1.02. The fourth-order valence-corrected chi connectivity index (χ4v) is 7.50. The van der Waals surface area contributed by atoms with Crippen molar-refractivity contribution in [3.63, 3.8) is 0 Å². The zero-order valence-corrected chi connectivity index (χ0v) is 36.1. The van der Waals surface area contributed by atoms with Gasteiger partial charge in [0, 0.05) is 44.3 Å². The van der Waals surface area contributed by atoms with Gasteiger partial charge in [0.15, 0.2) is 23.0 Å². The van der Waals surface area contributed by atoms with E-state index in [4.69, 9.17) is 29.8 Å². The van der Waals surface area contributed by atoms with E-state index in [2.05, 4.69) is 25.9 Å². The molecule has 4 heterocycles. The van der Waals surface area contributed by atoms with Crippen LogP contribution in [0.4, 0.5) is 11.4 Å². The van der Waals surface area contributed by atoms with Crippen molar-refractivity contribution in [2.45, 2.75) is 89.1 Å². The number of hydrogen-bond donors (Lipinski definition) is 7. The van der Waals surface area contributed by atoms with Gasteiger partial charge in [-0.1, -0.05) is 12.1 Å². The van der Waals surface area contributed by atoms with E-state index in [1.807, 2.05) is 96.1 Å². The molecule has 2 saturated carbocycles. The monoisotopic (exact) mass is 856 g/mol.